The Bertz CT molecular complexity index is 1120. The van der Waals surface area contributed by atoms with Crippen LogP contribution >= 0.6 is 23.1 Å². The molecule has 1 amide bonds. The maximum absolute atomic E-state index is 12.3. The molecule has 142 valence electrons. The fraction of sp³-hybridized carbons (Fsp3) is 0.167. The van der Waals surface area contributed by atoms with Gasteiger partial charge >= 0.3 is 0 Å². The molecule has 8 nitrogen and oxygen atoms in total. The number of aromatic nitrogens is 5. The summed E-state index contributed by atoms with van der Waals surface area (Å²) < 4.78 is 7.79. The Kier molecular flexibility index (Phi) is 5.22. The van der Waals surface area contributed by atoms with E-state index in [0.717, 1.165) is 27.2 Å². The molecule has 28 heavy (non-hydrogen) atoms. The zero-order valence-electron chi connectivity index (χ0n) is 15.1. The summed E-state index contributed by atoms with van der Waals surface area (Å²) in [5.74, 6) is 0.757. The lowest BCUT2D eigenvalue weighted by Crippen LogP contribution is -2.14. The molecule has 2 aromatic heterocycles. The van der Waals surface area contributed by atoms with Crippen LogP contribution in [0.4, 0.5) is 5.13 Å². The van der Waals surface area contributed by atoms with E-state index < -0.39 is 0 Å². The largest absolute Gasteiger partial charge is 0.497 e. The highest BCUT2D eigenvalue weighted by molar-refractivity contribution is 7.99. The number of hydrogen-bond donors (Lipinski definition) is 1. The maximum Gasteiger partial charge on any atom is 0.236 e. The average Bonchev–Trinajstić information content (AvgIpc) is 3.32. The number of aryl methyl sites for hydroxylation is 1. The molecule has 0 unspecified atom stereocenters. The number of carbonyl (C=O) groups excluding carboxylic acids is 1. The van der Waals surface area contributed by atoms with E-state index in [0.29, 0.717) is 10.3 Å². The van der Waals surface area contributed by atoms with Crippen LogP contribution in [0.1, 0.15) is 5.56 Å². The Balaban J connectivity index is 1.41. The van der Waals surface area contributed by atoms with E-state index in [-0.39, 0.29) is 11.7 Å². The number of carbonyl (C=O) groups is 1. The van der Waals surface area contributed by atoms with Crippen molar-refractivity contribution in [3.63, 3.8) is 0 Å². The van der Waals surface area contributed by atoms with Crippen molar-refractivity contribution in [3.05, 3.63) is 48.0 Å². The topological polar surface area (TPSA) is 94.8 Å². The number of thiazole rings is 1. The van der Waals surface area contributed by atoms with Crippen LogP contribution in [0, 0.1) is 6.92 Å². The molecule has 2 aromatic carbocycles. The number of methoxy groups -OCH3 is 1. The van der Waals surface area contributed by atoms with Crippen LogP contribution < -0.4 is 10.1 Å². The number of fused-ring (bicyclic) bond motifs is 1. The summed E-state index contributed by atoms with van der Waals surface area (Å²) in [5.41, 5.74) is 2.83. The van der Waals surface area contributed by atoms with Crippen molar-refractivity contribution in [1.29, 1.82) is 0 Å². The van der Waals surface area contributed by atoms with Crippen LogP contribution in [0.5, 0.6) is 5.75 Å². The van der Waals surface area contributed by atoms with Crippen LogP contribution in [0.15, 0.2) is 47.6 Å². The molecule has 1 N–H and O–H groups in total. The smallest absolute Gasteiger partial charge is 0.236 e. The number of tetrazole rings is 1. The van der Waals surface area contributed by atoms with Crippen molar-refractivity contribution in [3.8, 4) is 11.4 Å². The van der Waals surface area contributed by atoms with Gasteiger partial charge in [0.25, 0.3) is 0 Å². The predicted molar refractivity (Wildman–Crippen MR) is 109 cm³/mol. The molecule has 0 aliphatic heterocycles. The fourth-order valence-electron chi connectivity index (χ4n) is 2.53. The third kappa shape index (κ3) is 3.97. The molecular formula is C18H16N6O2S2. The predicted octanol–water partition coefficient (Wildman–Crippen LogP) is 3.32. The summed E-state index contributed by atoms with van der Waals surface area (Å²) in [6, 6.07) is 13.4. The normalized spacial score (nSPS) is 10.9. The number of hydrogen-bond acceptors (Lipinski definition) is 8. The minimum Gasteiger partial charge on any atom is -0.497 e. The van der Waals surface area contributed by atoms with E-state index in [4.69, 9.17) is 4.74 Å². The molecule has 10 heteroatoms. The lowest BCUT2D eigenvalue weighted by atomic mass is 10.2. The summed E-state index contributed by atoms with van der Waals surface area (Å²) in [7, 11) is 1.61. The van der Waals surface area contributed by atoms with Crippen LogP contribution in [-0.2, 0) is 4.79 Å². The molecule has 0 radical (unpaired) electrons. The van der Waals surface area contributed by atoms with Gasteiger partial charge in [-0.15, -0.1) is 5.10 Å². The number of nitrogens with one attached hydrogen (secondary N) is 1. The second-order valence-corrected chi connectivity index (χ2v) is 7.87. The maximum atomic E-state index is 12.3. The lowest BCUT2D eigenvalue weighted by molar-refractivity contribution is -0.113. The molecule has 4 aromatic rings. The summed E-state index contributed by atoms with van der Waals surface area (Å²) in [6.07, 6.45) is 0. The van der Waals surface area contributed by atoms with E-state index in [1.807, 2.05) is 43.3 Å². The van der Waals surface area contributed by atoms with Crippen LogP contribution in [0.3, 0.4) is 0 Å². The molecule has 0 saturated heterocycles. The van der Waals surface area contributed by atoms with E-state index in [1.54, 1.807) is 11.8 Å². The van der Waals surface area contributed by atoms with Gasteiger partial charge in [-0.2, -0.15) is 4.68 Å². The number of amides is 1. The Morgan fingerprint density at radius 3 is 2.86 bits per heavy atom. The van der Waals surface area contributed by atoms with Gasteiger partial charge in [-0.25, -0.2) is 4.98 Å². The lowest BCUT2D eigenvalue weighted by Gasteiger charge is -2.05. The monoisotopic (exact) mass is 412 g/mol. The van der Waals surface area contributed by atoms with Gasteiger partial charge in [0.2, 0.25) is 11.1 Å². The Morgan fingerprint density at radius 1 is 1.25 bits per heavy atom. The van der Waals surface area contributed by atoms with Gasteiger partial charge in [0.1, 0.15) is 5.75 Å². The minimum absolute atomic E-state index is 0.162. The quantitative estimate of drug-likeness (QED) is 0.485. The molecule has 2 heterocycles. The van der Waals surface area contributed by atoms with Crippen molar-refractivity contribution >= 4 is 44.4 Å². The Morgan fingerprint density at radius 2 is 2.07 bits per heavy atom. The average molecular weight is 413 g/mol. The molecule has 0 bridgehead atoms. The fourth-order valence-corrected chi connectivity index (χ4v) is 4.20. The van der Waals surface area contributed by atoms with Crippen LogP contribution in [0.25, 0.3) is 15.9 Å². The van der Waals surface area contributed by atoms with Crippen molar-refractivity contribution in [2.45, 2.75) is 12.1 Å². The summed E-state index contributed by atoms with van der Waals surface area (Å²) in [5, 5.41) is 15.7. The van der Waals surface area contributed by atoms with Gasteiger partial charge in [0.15, 0.2) is 5.13 Å². The van der Waals surface area contributed by atoms with Gasteiger partial charge in [-0.1, -0.05) is 29.2 Å². The van der Waals surface area contributed by atoms with Gasteiger partial charge in [-0.05, 0) is 59.3 Å². The first kappa shape index (κ1) is 18.4. The van der Waals surface area contributed by atoms with Gasteiger partial charge in [-0.3, -0.25) is 4.79 Å². The Labute approximate surface area is 168 Å². The molecule has 4 rings (SSSR count). The summed E-state index contributed by atoms with van der Waals surface area (Å²) in [4.78, 5) is 16.8. The van der Waals surface area contributed by atoms with Crippen molar-refractivity contribution in [1.82, 2.24) is 25.2 Å². The number of benzene rings is 2. The molecule has 0 aliphatic carbocycles. The minimum atomic E-state index is -0.162. The van der Waals surface area contributed by atoms with E-state index in [2.05, 4.69) is 31.9 Å². The van der Waals surface area contributed by atoms with Gasteiger partial charge in [0, 0.05) is 0 Å². The van der Waals surface area contributed by atoms with E-state index in [1.165, 1.54) is 23.1 Å². The molecule has 0 aliphatic rings. The highest BCUT2D eigenvalue weighted by Crippen LogP contribution is 2.27. The second-order valence-electron chi connectivity index (χ2n) is 5.90. The number of nitrogens with zero attached hydrogens (tertiary/aromatic N) is 5. The molecule has 0 fully saturated rings. The van der Waals surface area contributed by atoms with E-state index in [9.17, 15) is 4.79 Å². The highest BCUT2D eigenvalue weighted by atomic mass is 32.2. The van der Waals surface area contributed by atoms with Crippen molar-refractivity contribution in [2.24, 2.45) is 0 Å². The highest BCUT2D eigenvalue weighted by Gasteiger charge is 2.13. The first-order chi connectivity index (χ1) is 13.6. The third-order valence-corrected chi connectivity index (χ3v) is 5.73. The molecular weight excluding hydrogens is 396 g/mol. The van der Waals surface area contributed by atoms with Crippen molar-refractivity contribution in [2.75, 3.05) is 18.2 Å². The van der Waals surface area contributed by atoms with Gasteiger partial charge in [0.05, 0.1) is 28.8 Å². The third-order valence-electron chi connectivity index (χ3n) is 3.88. The van der Waals surface area contributed by atoms with Crippen LogP contribution in [-0.4, -0.2) is 44.0 Å². The second kappa shape index (κ2) is 7.95. The zero-order valence-corrected chi connectivity index (χ0v) is 16.8. The Hall–Kier alpha value is -2.98. The number of rotatable bonds is 6. The SMILES string of the molecule is COc1ccc(-n2nnnc2SCC(=O)Nc2nc3ccc(C)cc3s2)cc1. The number of thioether (sulfide) groups is 1. The summed E-state index contributed by atoms with van der Waals surface area (Å²) >= 11 is 2.71. The number of anilines is 1. The first-order valence-corrected chi connectivity index (χ1v) is 10.2. The first-order valence-electron chi connectivity index (χ1n) is 8.35. The van der Waals surface area contributed by atoms with Crippen LogP contribution in [0.2, 0.25) is 0 Å². The van der Waals surface area contributed by atoms with Gasteiger partial charge < -0.3 is 10.1 Å². The molecule has 0 atom stereocenters. The number of ether oxygens (including phenoxy) is 1. The molecule has 0 spiro atoms. The standard InChI is InChI=1S/C18H16N6O2S2/c1-11-3-8-14-15(9-11)28-17(19-14)20-16(25)10-27-18-21-22-23-24(18)12-4-6-13(26-2)7-5-12/h3-9H,10H2,1-2H3,(H,19,20,25). The zero-order chi connectivity index (χ0) is 19.5. The summed E-state index contributed by atoms with van der Waals surface area (Å²) in [6.45, 7) is 2.03. The van der Waals surface area contributed by atoms with E-state index >= 15 is 0 Å². The van der Waals surface area contributed by atoms with Crippen molar-refractivity contribution < 1.29 is 9.53 Å². The molecule has 0 saturated carbocycles.